The number of fused-ring (bicyclic) bond motifs is 8. The molecule has 0 aromatic heterocycles. The van der Waals surface area contributed by atoms with Crippen molar-refractivity contribution in [3.8, 4) is 11.1 Å². The lowest BCUT2D eigenvalue weighted by atomic mass is 9.30. The number of nitrogens with zero attached hydrogens (tertiary/aromatic N) is 2. The largest absolute Gasteiger partial charge is 0.309 e. The minimum atomic E-state index is -0.564. The molecule has 4 heterocycles. The highest BCUT2D eigenvalue weighted by Gasteiger charge is 2.41. The highest BCUT2D eigenvalue weighted by molar-refractivity contribution is 8.21. The van der Waals surface area contributed by atoms with Crippen molar-refractivity contribution in [2.45, 2.75) is 101 Å². The Morgan fingerprint density at radius 2 is 0.913 bits per heavy atom. The molecule has 4 aliphatic rings. The highest BCUT2D eigenvalue weighted by atomic mass is 32.0. The lowest BCUT2D eigenvalue weighted by Gasteiger charge is -2.41. The maximum atomic E-state index is 3.20. The average Bonchev–Trinajstić information content (AvgIpc) is 3.39. The van der Waals surface area contributed by atoms with Gasteiger partial charge < -0.3 is 9.80 Å². The van der Waals surface area contributed by atoms with Crippen molar-refractivity contribution in [2.75, 3.05) is 9.80 Å². The summed E-state index contributed by atoms with van der Waals surface area (Å²) in [6.45, 7) is 25.6. The third-order valence-corrected chi connectivity index (χ3v) is 18.2. The number of hydrogen-bond donors (Lipinski definition) is 0. The van der Waals surface area contributed by atoms with Crippen molar-refractivity contribution >= 4 is 104 Å². The number of aryl methyl sites for hydroxylation is 1. The first-order chi connectivity index (χ1) is 33.7. The first-order valence-electron chi connectivity index (χ1n) is 25.5. The van der Waals surface area contributed by atoms with E-state index in [1.807, 2.05) is 55.4 Å². The van der Waals surface area contributed by atoms with E-state index in [-0.39, 0.29) is 12.1 Å². The lowest BCUT2D eigenvalue weighted by molar-refractivity contribution is 0.591. The van der Waals surface area contributed by atoms with Gasteiger partial charge in [-0.05, 0) is 103 Å². The van der Waals surface area contributed by atoms with E-state index in [1.54, 1.807) is 0 Å². The quantitative estimate of drug-likeness (QED) is 0.129. The van der Waals surface area contributed by atoms with Crippen molar-refractivity contribution in [3.63, 3.8) is 0 Å². The smallest absolute Gasteiger partial charge is 0.242 e. The fraction of sp³-hybridized carbons (Fsp3) is 0.238. The zero-order valence-electron chi connectivity index (χ0n) is 43.0. The van der Waals surface area contributed by atoms with Crippen LogP contribution in [-0.2, 0) is 18.3 Å². The number of rotatable bonds is 3. The van der Waals surface area contributed by atoms with Gasteiger partial charge in [-0.3, -0.25) is 0 Å². The maximum Gasteiger partial charge on any atom is 0.242 e. The van der Waals surface area contributed by atoms with E-state index in [0.29, 0.717) is 8.58 Å². The molecule has 69 heavy (non-hydrogen) atoms. The molecule has 8 aromatic carbocycles. The van der Waals surface area contributed by atoms with Gasteiger partial charge >= 0.3 is 0 Å². The van der Waals surface area contributed by atoms with Gasteiger partial charge in [0.15, 0.2) is 0 Å². The van der Waals surface area contributed by atoms with Crippen LogP contribution >= 0.6 is 25.1 Å². The van der Waals surface area contributed by atoms with Crippen LogP contribution in [0.1, 0.15) is 110 Å². The van der Waals surface area contributed by atoms with Crippen LogP contribution in [0, 0.1) is 6.92 Å². The summed E-state index contributed by atoms with van der Waals surface area (Å²) in [6, 6.07) is 62.7. The summed E-state index contributed by atoms with van der Waals surface area (Å²) in [7, 11) is 3.28. The summed E-state index contributed by atoms with van der Waals surface area (Å²) >= 11 is 0. The topological polar surface area (TPSA) is 6.48 Å². The zero-order valence-corrected chi connectivity index (χ0v) is 46.0. The van der Waals surface area contributed by atoms with Gasteiger partial charge in [-0.15, -0.1) is 8.93 Å². The molecule has 1 atom stereocenters. The molecule has 0 bridgehead atoms. The predicted molar refractivity (Wildman–Crippen MR) is 317 cm³/mol. The molecule has 350 valence electrons. The van der Waals surface area contributed by atoms with E-state index in [1.165, 1.54) is 116 Å². The molecular formula is C63H70BN2P3. The molecule has 0 N–H and O–H groups in total. The van der Waals surface area contributed by atoms with Crippen LogP contribution in [0.3, 0.4) is 0 Å². The van der Waals surface area contributed by atoms with Crippen molar-refractivity contribution in [1.29, 1.82) is 0 Å². The summed E-state index contributed by atoms with van der Waals surface area (Å²) in [4.78, 5) is 5.16. The van der Waals surface area contributed by atoms with Gasteiger partial charge in [-0.2, -0.15) is 0 Å². The van der Waals surface area contributed by atoms with Gasteiger partial charge in [-0.1, -0.05) is 234 Å². The Balaban J connectivity index is 0.000000765. The Hall–Kier alpha value is -5.29. The Bertz CT molecular complexity index is 3020. The van der Waals surface area contributed by atoms with Gasteiger partial charge in [0.1, 0.15) is 0 Å². The number of anilines is 6. The fourth-order valence-electron chi connectivity index (χ4n) is 10.8. The monoisotopic (exact) mass is 958 g/mol. The normalized spacial score (nSPS) is 13.3. The first kappa shape index (κ1) is 50.1. The van der Waals surface area contributed by atoms with Crippen LogP contribution in [0.25, 0.3) is 11.1 Å². The molecule has 2 nitrogen and oxygen atoms in total. The minimum absolute atomic E-state index is 0.104. The van der Waals surface area contributed by atoms with Gasteiger partial charge in [0.05, 0.1) is 34.1 Å². The van der Waals surface area contributed by atoms with Gasteiger partial charge in [0, 0.05) is 26.8 Å². The third-order valence-electron chi connectivity index (χ3n) is 13.4. The fourth-order valence-corrected chi connectivity index (χ4v) is 15.0. The van der Waals surface area contributed by atoms with E-state index in [9.17, 15) is 0 Å². The van der Waals surface area contributed by atoms with Crippen LogP contribution in [0.4, 0.5) is 34.1 Å². The number of hydrogen-bond acceptors (Lipinski definition) is 2. The van der Waals surface area contributed by atoms with Crippen molar-refractivity contribution in [3.05, 3.63) is 197 Å². The van der Waals surface area contributed by atoms with Gasteiger partial charge in [-0.25, -0.2) is 0 Å². The molecule has 1 unspecified atom stereocenters. The molecule has 0 spiro atoms. The van der Waals surface area contributed by atoms with Crippen LogP contribution in [0.2, 0.25) is 0 Å². The van der Waals surface area contributed by atoms with E-state index in [0.717, 1.165) is 12.8 Å². The Morgan fingerprint density at radius 1 is 0.478 bits per heavy atom. The first-order valence-corrected chi connectivity index (χ1v) is 29.5. The highest BCUT2D eigenvalue weighted by Crippen LogP contribution is 2.55. The molecule has 0 aliphatic carbocycles. The Morgan fingerprint density at radius 3 is 1.43 bits per heavy atom. The minimum Gasteiger partial charge on any atom is -0.309 e. The van der Waals surface area contributed by atoms with E-state index in [2.05, 4.69) is 210 Å². The molecule has 0 radical (unpaired) electrons. The standard InChI is InChI=1S/C55H46BN2P3.4C2H6/c1-34-26-38-28-36-30-48(58-46-20-10-14-24-52(46)61(59)53-25-15-11-21-47(53)58)40(35-16-6-5-7-17-35)32-42(36)56-43-33-41(55(2,3)4)49(31-37(43)29-39(27-34)54(38)56)57-44-18-8-12-22-50(44)60-51-23-13-9-19-45(51)57;4*1-2/h5-27,30-33,60H,28-29,59H2,1-4H3;4*1-2H3. The molecule has 0 amide bonds. The van der Waals surface area contributed by atoms with Crippen molar-refractivity contribution in [2.24, 2.45) is 0 Å². The van der Waals surface area contributed by atoms with E-state index < -0.39 is 7.61 Å². The van der Waals surface area contributed by atoms with Crippen molar-refractivity contribution < 1.29 is 0 Å². The summed E-state index contributed by atoms with van der Waals surface area (Å²) in [5, 5.41) is 5.61. The third kappa shape index (κ3) is 8.95. The lowest BCUT2D eigenvalue weighted by Crippen LogP contribution is -2.61. The predicted octanol–water partition coefficient (Wildman–Crippen LogP) is 14.8. The summed E-state index contributed by atoms with van der Waals surface area (Å²) < 4.78 is 0. The number of para-hydroxylation sites is 4. The summed E-state index contributed by atoms with van der Waals surface area (Å²) in [5.41, 5.74) is 23.1. The summed E-state index contributed by atoms with van der Waals surface area (Å²) in [6.07, 6.45) is 1.86. The molecule has 0 fully saturated rings. The molecule has 8 aromatic rings. The second-order valence-corrected chi connectivity index (χ2v) is 22.8. The van der Waals surface area contributed by atoms with Crippen molar-refractivity contribution in [1.82, 2.24) is 0 Å². The second kappa shape index (κ2) is 21.4. The van der Waals surface area contributed by atoms with Crippen LogP contribution < -0.4 is 47.4 Å². The molecular weight excluding hydrogens is 888 g/mol. The zero-order chi connectivity index (χ0) is 49.1. The van der Waals surface area contributed by atoms with Crippen LogP contribution in [0.15, 0.2) is 164 Å². The van der Waals surface area contributed by atoms with Gasteiger partial charge in [0.2, 0.25) is 6.71 Å². The molecule has 12 rings (SSSR count). The molecule has 6 heteroatoms. The Kier molecular flexibility index (Phi) is 15.5. The van der Waals surface area contributed by atoms with E-state index in [4.69, 9.17) is 0 Å². The molecule has 0 saturated carbocycles. The average molecular weight is 959 g/mol. The summed E-state index contributed by atoms with van der Waals surface area (Å²) in [5.74, 6) is 0. The van der Waals surface area contributed by atoms with Crippen LogP contribution in [0.5, 0.6) is 0 Å². The van der Waals surface area contributed by atoms with Gasteiger partial charge in [0.25, 0.3) is 0 Å². The second-order valence-electron chi connectivity index (χ2n) is 18.2. The SMILES string of the molecule is CC.CC.CC.CC.Cc1cc2c3c(c1)Cc1cc(N4c5ccccc5Pc5ccccc54)c(C(C)(C)C)cc1B3c1cc(-c3ccccc3)c(N3c4ccccc4P(P)c4ccccc43)cc1C2. The maximum absolute atomic E-state index is 3.20. The van der Waals surface area contributed by atoms with E-state index >= 15 is 0 Å². The molecule has 0 saturated heterocycles. The number of benzene rings is 8. The Labute approximate surface area is 420 Å². The molecule has 4 aliphatic heterocycles. The van der Waals surface area contributed by atoms with Crippen LogP contribution in [-0.4, -0.2) is 6.71 Å².